The van der Waals surface area contributed by atoms with E-state index in [1.54, 1.807) is 0 Å². The van der Waals surface area contributed by atoms with Gasteiger partial charge >= 0.3 is 0 Å². The van der Waals surface area contributed by atoms with Crippen molar-refractivity contribution in [1.82, 2.24) is 0 Å². The van der Waals surface area contributed by atoms with Crippen molar-refractivity contribution in [3.05, 3.63) is 26.0 Å². The highest BCUT2D eigenvalue weighted by Gasteiger charge is 1.92. The summed E-state index contributed by atoms with van der Waals surface area (Å²) >= 11 is 0. The van der Waals surface area contributed by atoms with Crippen LogP contribution in [-0.2, 0) is 0 Å². The molecular formula is C23H44. The minimum absolute atomic E-state index is 1.11. The molecule has 0 bridgehead atoms. The summed E-state index contributed by atoms with van der Waals surface area (Å²) in [5.41, 5.74) is 0. The summed E-state index contributed by atoms with van der Waals surface area (Å²) in [6.45, 7) is 7.79. The van der Waals surface area contributed by atoms with E-state index in [4.69, 9.17) is 0 Å². The van der Waals surface area contributed by atoms with E-state index >= 15 is 0 Å². The third-order valence-corrected chi connectivity index (χ3v) is 4.66. The summed E-state index contributed by atoms with van der Waals surface area (Å²) in [6, 6.07) is 0. The average molecular weight is 321 g/mol. The lowest BCUT2D eigenvalue weighted by Gasteiger charge is -2.01. The fourth-order valence-corrected chi connectivity index (χ4v) is 3.06. The maximum Gasteiger partial charge on any atom is -0.0351 e. The molecular weight excluding hydrogens is 276 g/mol. The van der Waals surface area contributed by atoms with E-state index in [-0.39, 0.29) is 0 Å². The molecule has 0 heteroatoms. The van der Waals surface area contributed by atoms with Crippen LogP contribution in [0.3, 0.4) is 0 Å². The maximum absolute atomic E-state index is 3.90. The normalized spacial score (nSPS) is 11.6. The molecule has 0 heterocycles. The summed E-state index contributed by atoms with van der Waals surface area (Å²) in [7, 11) is 0. The summed E-state index contributed by atoms with van der Waals surface area (Å²) < 4.78 is 0. The Balaban J connectivity index is 3.02. The van der Waals surface area contributed by atoms with Crippen molar-refractivity contribution in [2.45, 2.75) is 122 Å². The van der Waals surface area contributed by atoms with Gasteiger partial charge in [0, 0.05) is 0 Å². The van der Waals surface area contributed by atoms with Gasteiger partial charge < -0.3 is 0 Å². The minimum atomic E-state index is 1.11. The van der Waals surface area contributed by atoms with Crippen molar-refractivity contribution < 1.29 is 0 Å². The van der Waals surface area contributed by atoms with Crippen LogP contribution in [0.15, 0.2) is 12.2 Å². The second-order valence-electron chi connectivity index (χ2n) is 7.06. The van der Waals surface area contributed by atoms with Gasteiger partial charge in [0.05, 0.1) is 0 Å². The molecule has 0 rings (SSSR count). The molecule has 0 saturated carbocycles. The number of allylic oxidation sites excluding steroid dienone is 2. The van der Waals surface area contributed by atoms with Gasteiger partial charge in [0.15, 0.2) is 0 Å². The first-order valence-electron chi connectivity index (χ1n) is 10.6. The van der Waals surface area contributed by atoms with Crippen LogP contribution in [0.2, 0.25) is 0 Å². The topological polar surface area (TPSA) is 0 Å². The summed E-state index contributed by atoms with van der Waals surface area (Å²) in [5.74, 6) is 0. The molecule has 136 valence electrons. The third-order valence-electron chi connectivity index (χ3n) is 4.66. The molecule has 0 saturated heterocycles. The standard InChI is InChI=1S/C23H44/c1-3-5-7-9-11-13-15-17-19-21-23-22-20-18-16-14-12-10-8-6-4-2/h17,19H,1-16,18,20-23H2. The first kappa shape index (κ1) is 22.7. The van der Waals surface area contributed by atoms with E-state index < -0.39 is 0 Å². The molecule has 0 amide bonds. The van der Waals surface area contributed by atoms with Crippen LogP contribution in [0.4, 0.5) is 0 Å². The highest BCUT2D eigenvalue weighted by Crippen LogP contribution is 2.12. The Hall–Kier alpha value is -0.260. The highest BCUT2D eigenvalue weighted by molar-refractivity contribution is 4.81. The van der Waals surface area contributed by atoms with E-state index in [1.165, 1.54) is 109 Å². The van der Waals surface area contributed by atoms with E-state index in [0.717, 1.165) is 12.8 Å². The molecule has 0 fully saturated rings. The second-order valence-corrected chi connectivity index (χ2v) is 7.06. The largest absolute Gasteiger partial charge is 0.0885 e. The predicted molar refractivity (Wildman–Crippen MR) is 108 cm³/mol. The van der Waals surface area contributed by atoms with Crippen LogP contribution in [-0.4, -0.2) is 0 Å². The van der Waals surface area contributed by atoms with Gasteiger partial charge in [-0.25, -0.2) is 0 Å². The van der Waals surface area contributed by atoms with Crippen molar-refractivity contribution in [2.24, 2.45) is 0 Å². The monoisotopic (exact) mass is 320 g/mol. The van der Waals surface area contributed by atoms with Crippen LogP contribution in [0, 0.1) is 13.8 Å². The van der Waals surface area contributed by atoms with Gasteiger partial charge in [-0.05, 0) is 25.7 Å². The Morgan fingerprint density at radius 3 is 0.913 bits per heavy atom. The van der Waals surface area contributed by atoms with Gasteiger partial charge in [0.25, 0.3) is 0 Å². The highest BCUT2D eigenvalue weighted by atomic mass is 14.0. The van der Waals surface area contributed by atoms with Crippen molar-refractivity contribution in [3.8, 4) is 0 Å². The van der Waals surface area contributed by atoms with Crippen molar-refractivity contribution in [3.63, 3.8) is 0 Å². The molecule has 0 aromatic carbocycles. The molecule has 0 atom stereocenters. The van der Waals surface area contributed by atoms with Crippen LogP contribution in [0.25, 0.3) is 0 Å². The lowest BCUT2D eigenvalue weighted by Crippen LogP contribution is -1.82. The lowest BCUT2D eigenvalue weighted by molar-refractivity contribution is 0.553. The molecule has 0 spiro atoms. The number of hydrogen-bond donors (Lipinski definition) is 0. The van der Waals surface area contributed by atoms with Gasteiger partial charge in [0.2, 0.25) is 0 Å². The van der Waals surface area contributed by atoms with E-state index in [0.29, 0.717) is 0 Å². The lowest BCUT2D eigenvalue weighted by atomic mass is 10.1. The number of hydrogen-bond acceptors (Lipinski definition) is 0. The summed E-state index contributed by atoms with van der Waals surface area (Å²) in [4.78, 5) is 0. The first-order valence-corrected chi connectivity index (χ1v) is 10.6. The first-order chi connectivity index (χ1) is 11.4. The van der Waals surface area contributed by atoms with Crippen molar-refractivity contribution in [2.75, 3.05) is 0 Å². The zero-order valence-electron chi connectivity index (χ0n) is 16.0. The number of unbranched alkanes of at least 4 members (excludes halogenated alkanes) is 17. The van der Waals surface area contributed by atoms with Gasteiger partial charge in [-0.15, -0.1) is 0 Å². The Kier molecular flexibility index (Phi) is 21.5. The van der Waals surface area contributed by atoms with Crippen molar-refractivity contribution in [1.29, 1.82) is 0 Å². The summed E-state index contributed by atoms with van der Waals surface area (Å²) in [5, 5.41) is 0. The zero-order chi connectivity index (χ0) is 16.8. The van der Waals surface area contributed by atoms with Gasteiger partial charge in [-0.2, -0.15) is 0 Å². The fourth-order valence-electron chi connectivity index (χ4n) is 3.06. The van der Waals surface area contributed by atoms with Crippen LogP contribution in [0.5, 0.6) is 0 Å². The number of rotatable bonds is 19. The van der Waals surface area contributed by atoms with Gasteiger partial charge in [-0.1, -0.05) is 122 Å². The van der Waals surface area contributed by atoms with Crippen LogP contribution < -0.4 is 0 Å². The Bertz CT molecular complexity index is 216. The molecule has 0 aliphatic heterocycles. The van der Waals surface area contributed by atoms with Gasteiger partial charge in [0.1, 0.15) is 0 Å². The predicted octanol–water partition coefficient (Wildman–Crippen LogP) is 8.62. The molecule has 0 nitrogen and oxygen atoms in total. The van der Waals surface area contributed by atoms with E-state index in [2.05, 4.69) is 26.0 Å². The Morgan fingerprint density at radius 1 is 0.348 bits per heavy atom. The Labute approximate surface area is 148 Å². The maximum atomic E-state index is 3.90. The van der Waals surface area contributed by atoms with Crippen LogP contribution in [0.1, 0.15) is 122 Å². The molecule has 23 heavy (non-hydrogen) atoms. The van der Waals surface area contributed by atoms with Crippen molar-refractivity contribution >= 4 is 0 Å². The zero-order valence-corrected chi connectivity index (χ0v) is 16.0. The van der Waals surface area contributed by atoms with E-state index in [9.17, 15) is 0 Å². The smallest absolute Gasteiger partial charge is 0.0351 e. The quantitative estimate of drug-likeness (QED) is 0.165. The SMILES string of the molecule is [CH2]CCCCCCCC=CCCCCCCCCCCCC[CH2]. The van der Waals surface area contributed by atoms with Crippen LogP contribution >= 0.6 is 0 Å². The fraction of sp³-hybridized carbons (Fsp3) is 0.826. The molecule has 0 aromatic heterocycles. The van der Waals surface area contributed by atoms with E-state index in [1.807, 2.05) is 0 Å². The average Bonchev–Trinajstić information content (AvgIpc) is 2.57. The third kappa shape index (κ3) is 21.7. The molecule has 2 radical (unpaired) electrons. The second kappa shape index (κ2) is 21.7. The molecule has 0 aliphatic carbocycles. The molecule has 0 aliphatic rings. The molecule has 0 unspecified atom stereocenters. The summed E-state index contributed by atoms with van der Waals surface area (Å²) in [6.07, 6.45) is 30.7. The molecule has 0 N–H and O–H groups in total. The minimum Gasteiger partial charge on any atom is -0.0885 e. The Morgan fingerprint density at radius 2 is 0.609 bits per heavy atom. The molecule has 0 aromatic rings. The van der Waals surface area contributed by atoms with Gasteiger partial charge in [-0.3, -0.25) is 0 Å².